The number of ether oxygens (including phenoxy) is 1. The van der Waals surface area contributed by atoms with E-state index < -0.39 is 0 Å². The fraction of sp³-hybridized carbons (Fsp3) is 0.438. The highest BCUT2D eigenvalue weighted by Gasteiger charge is 2.19. The van der Waals surface area contributed by atoms with Gasteiger partial charge in [-0.05, 0) is 44.9 Å². The monoisotopic (exact) mass is 306 g/mol. The van der Waals surface area contributed by atoms with E-state index in [2.05, 4.69) is 12.2 Å². The van der Waals surface area contributed by atoms with Crippen LogP contribution < -0.4 is 5.32 Å². The first kappa shape index (κ1) is 15.8. The molecule has 1 amide bonds. The molecule has 0 unspecified atom stereocenters. The fourth-order valence-electron chi connectivity index (χ4n) is 2.14. The molecule has 2 aromatic heterocycles. The summed E-state index contributed by atoms with van der Waals surface area (Å²) in [6, 6.07) is 3.93. The second-order valence-electron chi connectivity index (χ2n) is 4.86. The largest absolute Gasteiger partial charge is 0.382 e. The normalized spacial score (nSPS) is 10.8. The number of hydrogen-bond acceptors (Lipinski definition) is 3. The van der Waals surface area contributed by atoms with E-state index in [1.165, 1.54) is 4.88 Å². The Hall–Kier alpha value is -1.59. The maximum absolute atomic E-state index is 12.5. The predicted molar refractivity (Wildman–Crippen MR) is 86.6 cm³/mol. The topological polar surface area (TPSA) is 43.3 Å². The van der Waals surface area contributed by atoms with Crippen molar-refractivity contribution in [2.75, 3.05) is 19.8 Å². The maximum Gasteiger partial charge on any atom is 0.254 e. The average Bonchev–Trinajstić information content (AvgIpc) is 3.08. The molecule has 0 aliphatic rings. The van der Waals surface area contributed by atoms with Crippen molar-refractivity contribution in [3.05, 3.63) is 40.5 Å². The highest BCUT2D eigenvalue weighted by molar-refractivity contribution is 7.15. The minimum atomic E-state index is -0.00273. The van der Waals surface area contributed by atoms with E-state index in [1.54, 1.807) is 11.3 Å². The van der Waals surface area contributed by atoms with Gasteiger partial charge in [-0.2, -0.15) is 0 Å². The molecule has 0 saturated heterocycles. The van der Waals surface area contributed by atoms with Gasteiger partial charge in [0.1, 0.15) is 5.00 Å². The Kier molecular flexibility index (Phi) is 5.59. The van der Waals surface area contributed by atoms with E-state index in [-0.39, 0.29) is 5.91 Å². The van der Waals surface area contributed by atoms with Crippen LogP contribution in [0.3, 0.4) is 0 Å². The Morgan fingerprint density at radius 3 is 2.71 bits per heavy atom. The molecule has 0 aromatic carbocycles. The highest BCUT2D eigenvalue weighted by atomic mass is 32.1. The van der Waals surface area contributed by atoms with Gasteiger partial charge < -0.3 is 14.6 Å². The number of nitrogens with one attached hydrogen (secondary N) is 1. The SMILES string of the molecule is CCOCCCNC(=O)c1c(-n2cccc2)sc(C)c1C. The summed E-state index contributed by atoms with van der Waals surface area (Å²) >= 11 is 1.65. The number of carbonyl (C=O) groups is 1. The Morgan fingerprint density at radius 2 is 2.05 bits per heavy atom. The average molecular weight is 306 g/mol. The quantitative estimate of drug-likeness (QED) is 0.798. The molecule has 5 heteroatoms. The summed E-state index contributed by atoms with van der Waals surface area (Å²) in [6.07, 6.45) is 4.77. The Bertz CT molecular complexity index is 588. The van der Waals surface area contributed by atoms with Crippen molar-refractivity contribution in [2.24, 2.45) is 0 Å². The number of rotatable bonds is 7. The second kappa shape index (κ2) is 7.43. The van der Waals surface area contributed by atoms with Crippen molar-refractivity contribution in [1.82, 2.24) is 9.88 Å². The van der Waals surface area contributed by atoms with Crippen molar-refractivity contribution < 1.29 is 9.53 Å². The first-order chi connectivity index (χ1) is 10.1. The molecule has 0 saturated carbocycles. The van der Waals surface area contributed by atoms with Gasteiger partial charge in [0.05, 0.1) is 5.56 Å². The van der Waals surface area contributed by atoms with Crippen molar-refractivity contribution in [3.8, 4) is 5.00 Å². The van der Waals surface area contributed by atoms with Crippen LogP contribution in [0.2, 0.25) is 0 Å². The molecule has 0 fully saturated rings. The van der Waals surface area contributed by atoms with E-state index >= 15 is 0 Å². The summed E-state index contributed by atoms with van der Waals surface area (Å²) in [7, 11) is 0. The van der Waals surface area contributed by atoms with Gasteiger partial charge in [-0.25, -0.2) is 0 Å². The predicted octanol–water partition coefficient (Wildman–Crippen LogP) is 3.31. The third-order valence-electron chi connectivity index (χ3n) is 3.39. The molecule has 2 rings (SSSR count). The van der Waals surface area contributed by atoms with E-state index in [4.69, 9.17) is 4.74 Å². The van der Waals surface area contributed by atoms with Gasteiger partial charge in [0, 0.05) is 37.0 Å². The zero-order valence-corrected chi connectivity index (χ0v) is 13.6. The summed E-state index contributed by atoms with van der Waals surface area (Å²) < 4.78 is 7.28. The summed E-state index contributed by atoms with van der Waals surface area (Å²) in [5.74, 6) is -0.00273. The van der Waals surface area contributed by atoms with Crippen LogP contribution in [0.4, 0.5) is 0 Å². The van der Waals surface area contributed by atoms with Gasteiger partial charge in [0.2, 0.25) is 0 Å². The van der Waals surface area contributed by atoms with Gasteiger partial charge >= 0.3 is 0 Å². The molecule has 0 atom stereocenters. The summed E-state index contributed by atoms with van der Waals surface area (Å²) in [4.78, 5) is 13.6. The lowest BCUT2D eigenvalue weighted by atomic mass is 10.1. The molecule has 0 radical (unpaired) electrons. The molecule has 114 valence electrons. The number of aromatic nitrogens is 1. The van der Waals surface area contributed by atoms with E-state index in [9.17, 15) is 4.79 Å². The standard InChI is InChI=1S/C16H22N2O2S/c1-4-20-11-7-8-17-15(19)14-12(2)13(3)21-16(14)18-9-5-6-10-18/h5-6,9-10H,4,7-8,11H2,1-3H3,(H,17,19). The van der Waals surface area contributed by atoms with Crippen LogP contribution in [-0.4, -0.2) is 30.2 Å². The van der Waals surface area contributed by atoms with Crippen LogP contribution in [0.1, 0.15) is 34.1 Å². The molecule has 1 N–H and O–H groups in total. The van der Waals surface area contributed by atoms with Crippen LogP contribution in [0.15, 0.2) is 24.5 Å². The number of hydrogen-bond donors (Lipinski definition) is 1. The van der Waals surface area contributed by atoms with Crippen LogP contribution in [0.5, 0.6) is 0 Å². The van der Waals surface area contributed by atoms with Crippen LogP contribution in [0.25, 0.3) is 5.00 Å². The molecule has 0 spiro atoms. The number of aryl methyl sites for hydroxylation is 1. The minimum Gasteiger partial charge on any atom is -0.382 e. The van der Waals surface area contributed by atoms with Crippen LogP contribution in [0, 0.1) is 13.8 Å². The maximum atomic E-state index is 12.5. The van der Waals surface area contributed by atoms with Crippen LogP contribution in [-0.2, 0) is 4.74 Å². The minimum absolute atomic E-state index is 0.00273. The first-order valence-corrected chi connectivity index (χ1v) is 8.06. The molecule has 0 aliphatic heterocycles. The van der Waals surface area contributed by atoms with Gasteiger partial charge in [-0.3, -0.25) is 4.79 Å². The van der Waals surface area contributed by atoms with Gasteiger partial charge in [0.15, 0.2) is 0 Å². The molecular formula is C16H22N2O2S. The molecular weight excluding hydrogens is 284 g/mol. The van der Waals surface area contributed by atoms with E-state index in [0.29, 0.717) is 19.8 Å². The van der Waals surface area contributed by atoms with Gasteiger partial charge in [-0.15, -0.1) is 11.3 Å². The first-order valence-electron chi connectivity index (χ1n) is 7.24. The molecule has 2 heterocycles. The number of amides is 1. The third kappa shape index (κ3) is 3.74. The van der Waals surface area contributed by atoms with Gasteiger partial charge in [-0.1, -0.05) is 0 Å². The highest BCUT2D eigenvalue weighted by Crippen LogP contribution is 2.30. The summed E-state index contributed by atoms with van der Waals surface area (Å²) in [5.41, 5.74) is 1.84. The lowest BCUT2D eigenvalue weighted by Gasteiger charge is -2.08. The zero-order chi connectivity index (χ0) is 15.2. The number of nitrogens with zero attached hydrogens (tertiary/aromatic N) is 1. The zero-order valence-electron chi connectivity index (χ0n) is 12.8. The Labute approximate surface area is 129 Å². The molecule has 0 bridgehead atoms. The van der Waals surface area contributed by atoms with Crippen molar-refractivity contribution in [3.63, 3.8) is 0 Å². The molecule has 4 nitrogen and oxygen atoms in total. The molecule has 2 aromatic rings. The molecule has 21 heavy (non-hydrogen) atoms. The summed E-state index contributed by atoms with van der Waals surface area (Å²) in [6.45, 7) is 8.07. The Morgan fingerprint density at radius 1 is 1.33 bits per heavy atom. The van der Waals surface area contributed by atoms with E-state index in [1.807, 2.05) is 42.9 Å². The molecule has 0 aliphatic carbocycles. The summed E-state index contributed by atoms with van der Waals surface area (Å²) in [5, 5.41) is 3.97. The van der Waals surface area contributed by atoms with Crippen molar-refractivity contribution >= 4 is 17.2 Å². The van der Waals surface area contributed by atoms with Gasteiger partial charge in [0.25, 0.3) is 5.91 Å². The van der Waals surface area contributed by atoms with Crippen molar-refractivity contribution in [1.29, 1.82) is 0 Å². The lowest BCUT2D eigenvalue weighted by Crippen LogP contribution is -2.26. The van der Waals surface area contributed by atoms with Crippen molar-refractivity contribution in [2.45, 2.75) is 27.2 Å². The number of thiophene rings is 1. The smallest absolute Gasteiger partial charge is 0.254 e. The number of carbonyl (C=O) groups excluding carboxylic acids is 1. The Balaban J connectivity index is 2.10. The van der Waals surface area contributed by atoms with Crippen LogP contribution >= 0.6 is 11.3 Å². The second-order valence-corrected chi connectivity index (χ2v) is 6.06. The lowest BCUT2D eigenvalue weighted by molar-refractivity contribution is 0.0944. The van der Waals surface area contributed by atoms with E-state index in [0.717, 1.165) is 22.5 Å². The fourth-order valence-corrected chi connectivity index (χ4v) is 3.26. The third-order valence-corrected chi connectivity index (χ3v) is 4.61.